The molecule has 7 heteroatoms. The molecular formula is C16H20N2O5. The Morgan fingerprint density at radius 1 is 1.35 bits per heavy atom. The SMILES string of the molecule is CCOc1ccccc1C(=O)N1CCNC(=O)C1CC(=O)OC. The second-order valence-electron chi connectivity index (χ2n) is 5.01. The van der Waals surface area contributed by atoms with Gasteiger partial charge in [0, 0.05) is 13.1 Å². The number of para-hydroxylation sites is 1. The van der Waals surface area contributed by atoms with Crippen LogP contribution in [0.25, 0.3) is 0 Å². The average Bonchev–Trinajstić information content (AvgIpc) is 2.56. The van der Waals surface area contributed by atoms with Crippen LogP contribution in [-0.4, -0.2) is 55.5 Å². The highest BCUT2D eigenvalue weighted by atomic mass is 16.5. The van der Waals surface area contributed by atoms with Gasteiger partial charge in [0.25, 0.3) is 5.91 Å². The molecule has 0 aromatic heterocycles. The summed E-state index contributed by atoms with van der Waals surface area (Å²) in [5.41, 5.74) is 0.374. The Labute approximate surface area is 134 Å². The summed E-state index contributed by atoms with van der Waals surface area (Å²) in [6.07, 6.45) is -0.176. The minimum atomic E-state index is -0.876. The van der Waals surface area contributed by atoms with Crippen molar-refractivity contribution in [2.45, 2.75) is 19.4 Å². The first-order valence-corrected chi connectivity index (χ1v) is 7.45. The highest BCUT2D eigenvalue weighted by Gasteiger charge is 2.36. The number of hydrogen-bond acceptors (Lipinski definition) is 5. The number of benzene rings is 1. The van der Waals surface area contributed by atoms with Crippen molar-refractivity contribution in [3.05, 3.63) is 29.8 Å². The van der Waals surface area contributed by atoms with E-state index in [1.165, 1.54) is 12.0 Å². The van der Waals surface area contributed by atoms with Crippen molar-refractivity contribution in [3.63, 3.8) is 0 Å². The van der Waals surface area contributed by atoms with Crippen LogP contribution in [0.4, 0.5) is 0 Å². The molecule has 23 heavy (non-hydrogen) atoms. The summed E-state index contributed by atoms with van der Waals surface area (Å²) in [6.45, 7) is 2.93. The van der Waals surface area contributed by atoms with Crippen molar-refractivity contribution in [1.82, 2.24) is 10.2 Å². The predicted molar refractivity (Wildman–Crippen MR) is 82.1 cm³/mol. The van der Waals surface area contributed by atoms with Crippen LogP contribution in [0, 0.1) is 0 Å². The lowest BCUT2D eigenvalue weighted by atomic mass is 10.1. The molecule has 1 heterocycles. The van der Waals surface area contributed by atoms with Gasteiger partial charge in [0.2, 0.25) is 5.91 Å². The van der Waals surface area contributed by atoms with Crippen LogP contribution in [0.3, 0.4) is 0 Å². The number of amides is 2. The number of carbonyl (C=O) groups is 3. The smallest absolute Gasteiger partial charge is 0.308 e. The van der Waals surface area contributed by atoms with Crippen molar-refractivity contribution < 1.29 is 23.9 Å². The van der Waals surface area contributed by atoms with Gasteiger partial charge in [0.1, 0.15) is 11.8 Å². The molecule has 1 aromatic carbocycles. The number of esters is 1. The van der Waals surface area contributed by atoms with E-state index < -0.39 is 12.0 Å². The van der Waals surface area contributed by atoms with E-state index >= 15 is 0 Å². The van der Waals surface area contributed by atoms with E-state index in [2.05, 4.69) is 10.1 Å². The fourth-order valence-electron chi connectivity index (χ4n) is 2.48. The monoisotopic (exact) mass is 320 g/mol. The lowest BCUT2D eigenvalue weighted by Crippen LogP contribution is -2.57. The summed E-state index contributed by atoms with van der Waals surface area (Å²) in [5.74, 6) is -0.771. The first kappa shape index (κ1) is 16.8. The molecule has 1 atom stereocenters. The molecule has 0 radical (unpaired) electrons. The highest BCUT2D eigenvalue weighted by Crippen LogP contribution is 2.22. The normalized spacial score (nSPS) is 17.4. The molecule has 1 fully saturated rings. The van der Waals surface area contributed by atoms with Crippen LogP contribution in [0.2, 0.25) is 0 Å². The molecule has 124 valence electrons. The molecule has 1 aromatic rings. The third-order valence-electron chi connectivity index (χ3n) is 3.60. The van der Waals surface area contributed by atoms with Crippen molar-refractivity contribution in [3.8, 4) is 5.75 Å². The van der Waals surface area contributed by atoms with Gasteiger partial charge in [-0.05, 0) is 19.1 Å². The van der Waals surface area contributed by atoms with Crippen LogP contribution in [0.1, 0.15) is 23.7 Å². The summed E-state index contributed by atoms with van der Waals surface area (Å²) >= 11 is 0. The molecule has 2 amide bonds. The molecule has 7 nitrogen and oxygen atoms in total. The number of piperazine rings is 1. The van der Waals surface area contributed by atoms with Gasteiger partial charge < -0.3 is 19.7 Å². The van der Waals surface area contributed by atoms with Crippen molar-refractivity contribution >= 4 is 17.8 Å². The zero-order valence-corrected chi connectivity index (χ0v) is 13.2. The topological polar surface area (TPSA) is 84.9 Å². The Morgan fingerprint density at radius 2 is 2.09 bits per heavy atom. The summed E-state index contributed by atoms with van der Waals surface area (Å²) in [7, 11) is 1.25. The number of nitrogens with one attached hydrogen (secondary N) is 1. The minimum absolute atomic E-state index is 0.176. The van der Waals surface area contributed by atoms with Crippen LogP contribution < -0.4 is 10.1 Å². The quantitative estimate of drug-likeness (QED) is 0.803. The molecule has 1 aliphatic rings. The molecule has 0 aliphatic carbocycles. The Morgan fingerprint density at radius 3 is 2.78 bits per heavy atom. The predicted octanol–water partition coefficient (Wildman–Crippen LogP) is 0.589. The summed E-state index contributed by atoms with van der Waals surface area (Å²) in [5, 5.41) is 2.67. The minimum Gasteiger partial charge on any atom is -0.493 e. The van der Waals surface area contributed by atoms with Gasteiger partial charge in [-0.25, -0.2) is 0 Å². The second kappa shape index (κ2) is 7.62. The maximum Gasteiger partial charge on any atom is 0.308 e. The van der Waals surface area contributed by atoms with E-state index in [1.807, 2.05) is 6.92 Å². The zero-order valence-electron chi connectivity index (χ0n) is 13.2. The van der Waals surface area contributed by atoms with Crippen molar-refractivity contribution in [2.24, 2.45) is 0 Å². The maximum atomic E-state index is 12.8. The average molecular weight is 320 g/mol. The first-order valence-electron chi connectivity index (χ1n) is 7.45. The zero-order chi connectivity index (χ0) is 16.8. The number of nitrogens with zero attached hydrogens (tertiary/aromatic N) is 1. The molecule has 2 rings (SSSR count). The molecule has 1 aliphatic heterocycles. The van der Waals surface area contributed by atoms with Gasteiger partial charge in [0.05, 0.1) is 25.7 Å². The summed E-state index contributed by atoms with van der Waals surface area (Å²) in [4.78, 5) is 37.8. The molecule has 0 spiro atoms. The van der Waals surface area contributed by atoms with Crippen LogP contribution in [-0.2, 0) is 14.3 Å². The van der Waals surface area contributed by atoms with Crippen molar-refractivity contribution in [2.75, 3.05) is 26.8 Å². The van der Waals surface area contributed by atoms with E-state index in [9.17, 15) is 14.4 Å². The molecule has 1 unspecified atom stereocenters. The van der Waals surface area contributed by atoms with Crippen molar-refractivity contribution in [1.29, 1.82) is 0 Å². The van der Waals surface area contributed by atoms with Gasteiger partial charge in [-0.3, -0.25) is 14.4 Å². The lowest BCUT2D eigenvalue weighted by molar-refractivity contribution is -0.145. The fraction of sp³-hybridized carbons (Fsp3) is 0.438. The Bertz CT molecular complexity index is 602. The number of rotatable bonds is 5. The van der Waals surface area contributed by atoms with E-state index in [-0.39, 0.29) is 18.2 Å². The van der Waals surface area contributed by atoms with Crippen LogP contribution >= 0.6 is 0 Å². The molecule has 1 N–H and O–H groups in total. The van der Waals surface area contributed by atoms with Crippen LogP contribution in [0.5, 0.6) is 5.75 Å². The molecular weight excluding hydrogens is 300 g/mol. The molecule has 0 saturated carbocycles. The number of carbonyl (C=O) groups excluding carboxylic acids is 3. The summed E-state index contributed by atoms with van der Waals surface area (Å²) in [6, 6.07) is 5.98. The third-order valence-corrected chi connectivity index (χ3v) is 3.60. The van der Waals surface area contributed by atoms with Gasteiger partial charge in [0.15, 0.2) is 0 Å². The van der Waals surface area contributed by atoms with Gasteiger partial charge in [-0.2, -0.15) is 0 Å². The Hall–Kier alpha value is -2.57. The first-order chi connectivity index (χ1) is 11.1. The van der Waals surface area contributed by atoms with E-state index in [0.717, 1.165) is 0 Å². The number of hydrogen-bond donors (Lipinski definition) is 1. The Balaban J connectivity index is 2.28. The molecule has 1 saturated heterocycles. The van der Waals surface area contributed by atoms with Crippen LogP contribution in [0.15, 0.2) is 24.3 Å². The largest absolute Gasteiger partial charge is 0.493 e. The number of methoxy groups -OCH3 is 1. The van der Waals surface area contributed by atoms with E-state index in [0.29, 0.717) is 31.0 Å². The standard InChI is InChI=1S/C16H20N2O5/c1-3-23-13-7-5-4-6-11(13)16(21)18-9-8-17-15(20)12(18)10-14(19)22-2/h4-7,12H,3,8-10H2,1-2H3,(H,17,20). The second-order valence-corrected chi connectivity index (χ2v) is 5.01. The number of ether oxygens (including phenoxy) is 2. The Kier molecular flexibility index (Phi) is 5.56. The van der Waals surface area contributed by atoms with Gasteiger partial charge in [-0.1, -0.05) is 12.1 Å². The van der Waals surface area contributed by atoms with Gasteiger partial charge >= 0.3 is 5.97 Å². The van der Waals surface area contributed by atoms with E-state index in [4.69, 9.17) is 4.74 Å². The maximum absolute atomic E-state index is 12.8. The lowest BCUT2D eigenvalue weighted by Gasteiger charge is -2.34. The summed E-state index contributed by atoms with van der Waals surface area (Å²) < 4.78 is 10.1. The molecule has 0 bridgehead atoms. The van der Waals surface area contributed by atoms with E-state index in [1.54, 1.807) is 24.3 Å². The van der Waals surface area contributed by atoms with Gasteiger partial charge in [-0.15, -0.1) is 0 Å². The highest BCUT2D eigenvalue weighted by molar-refractivity contribution is 6.01. The fourth-order valence-corrected chi connectivity index (χ4v) is 2.48. The third kappa shape index (κ3) is 3.80.